The molecule has 0 saturated carbocycles. The number of aromatic nitrogens is 1. The van der Waals surface area contributed by atoms with E-state index in [2.05, 4.69) is 43.1 Å². The molecule has 0 N–H and O–H groups in total. The van der Waals surface area contributed by atoms with Crippen LogP contribution in [0.3, 0.4) is 0 Å². The highest BCUT2D eigenvalue weighted by Crippen LogP contribution is 2.21. The Balaban J connectivity index is 2.43. The van der Waals surface area contributed by atoms with Crippen LogP contribution < -0.4 is 0 Å². The largest absolute Gasteiger partial charge is 0.253 e. The third-order valence-corrected chi connectivity index (χ3v) is 3.27. The quantitative estimate of drug-likeness (QED) is 0.796. The molecule has 1 aromatic carbocycles. The molecular weight excluding hydrogens is 220 g/mol. The minimum absolute atomic E-state index is 0.423. The van der Waals surface area contributed by atoms with Crippen LogP contribution in [0.15, 0.2) is 30.3 Å². The lowest BCUT2D eigenvalue weighted by molar-refractivity contribution is 1.11. The van der Waals surface area contributed by atoms with Crippen molar-refractivity contribution in [1.29, 1.82) is 5.26 Å². The molecule has 0 fully saturated rings. The fraction of sp³-hybridized carbons (Fsp3) is 0.250. The number of rotatable bonds is 2. The van der Waals surface area contributed by atoms with Crippen molar-refractivity contribution in [1.82, 2.24) is 4.98 Å². The second kappa shape index (κ2) is 5.01. The van der Waals surface area contributed by atoms with Gasteiger partial charge in [-0.05, 0) is 49.6 Å². The van der Waals surface area contributed by atoms with Crippen molar-refractivity contribution in [3.8, 4) is 17.3 Å². The van der Waals surface area contributed by atoms with Crippen molar-refractivity contribution in [2.45, 2.75) is 27.2 Å². The van der Waals surface area contributed by atoms with E-state index in [1.165, 1.54) is 11.1 Å². The molecule has 0 bridgehead atoms. The normalized spacial score (nSPS) is 10.1. The summed E-state index contributed by atoms with van der Waals surface area (Å²) in [4.78, 5) is 4.58. The number of hydrogen-bond donors (Lipinski definition) is 0. The molecule has 0 unspecified atom stereocenters. The summed E-state index contributed by atoms with van der Waals surface area (Å²) in [5.41, 5.74) is 6.60. The van der Waals surface area contributed by atoms with Crippen molar-refractivity contribution in [2.24, 2.45) is 0 Å². The van der Waals surface area contributed by atoms with Gasteiger partial charge < -0.3 is 0 Å². The summed E-state index contributed by atoms with van der Waals surface area (Å²) >= 11 is 0. The van der Waals surface area contributed by atoms with Crippen molar-refractivity contribution < 1.29 is 0 Å². The van der Waals surface area contributed by atoms with E-state index in [9.17, 15) is 0 Å². The lowest BCUT2D eigenvalue weighted by Gasteiger charge is -2.07. The van der Waals surface area contributed by atoms with Gasteiger partial charge in [0.05, 0.1) is 18.2 Å². The van der Waals surface area contributed by atoms with Crippen molar-refractivity contribution >= 4 is 0 Å². The Bertz CT molecular complexity index is 621. The van der Waals surface area contributed by atoms with Crippen LogP contribution in [-0.4, -0.2) is 4.98 Å². The molecule has 0 aliphatic carbocycles. The van der Waals surface area contributed by atoms with Crippen molar-refractivity contribution in [3.05, 3.63) is 52.7 Å². The number of hydrogen-bond acceptors (Lipinski definition) is 2. The van der Waals surface area contributed by atoms with Gasteiger partial charge in [0.1, 0.15) is 0 Å². The van der Waals surface area contributed by atoms with Crippen LogP contribution in [0, 0.1) is 32.1 Å². The van der Waals surface area contributed by atoms with Gasteiger partial charge in [-0.1, -0.05) is 18.2 Å². The summed E-state index contributed by atoms with van der Waals surface area (Å²) in [6.45, 7) is 6.17. The maximum atomic E-state index is 8.72. The van der Waals surface area contributed by atoms with Gasteiger partial charge in [0.15, 0.2) is 0 Å². The zero-order valence-electron chi connectivity index (χ0n) is 11.0. The van der Waals surface area contributed by atoms with Gasteiger partial charge in [-0.2, -0.15) is 5.26 Å². The predicted molar refractivity (Wildman–Crippen MR) is 73.2 cm³/mol. The highest BCUT2D eigenvalue weighted by molar-refractivity contribution is 5.61. The molecule has 0 atom stereocenters. The Kier molecular flexibility index (Phi) is 3.43. The molecule has 1 aromatic heterocycles. The molecule has 2 nitrogen and oxygen atoms in total. The van der Waals surface area contributed by atoms with Crippen LogP contribution in [0.2, 0.25) is 0 Å². The molecule has 0 saturated heterocycles. The van der Waals surface area contributed by atoms with Crippen LogP contribution in [0.25, 0.3) is 11.3 Å². The third-order valence-electron chi connectivity index (χ3n) is 3.27. The second-order valence-electron chi connectivity index (χ2n) is 4.57. The van der Waals surface area contributed by atoms with Gasteiger partial charge in [-0.15, -0.1) is 0 Å². The average Bonchev–Trinajstić information content (AvgIpc) is 2.35. The van der Waals surface area contributed by atoms with E-state index in [4.69, 9.17) is 5.26 Å². The topological polar surface area (TPSA) is 36.7 Å². The summed E-state index contributed by atoms with van der Waals surface area (Å²) in [7, 11) is 0. The zero-order valence-corrected chi connectivity index (χ0v) is 11.0. The molecule has 2 aromatic rings. The smallest absolute Gasteiger partial charge is 0.0705 e. The van der Waals surface area contributed by atoms with Crippen LogP contribution >= 0.6 is 0 Å². The van der Waals surface area contributed by atoms with Crippen LogP contribution in [-0.2, 0) is 6.42 Å². The summed E-state index contributed by atoms with van der Waals surface area (Å²) in [6.07, 6.45) is 0.423. The van der Waals surface area contributed by atoms with Gasteiger partial charge in [0.2, 0.25) is 0 Å². The molecule has 0 amide bonds. The fourth-order valence-corrected chi connectivity index (χ4v) is 1.92. The van der Waals surface area contributed by atoms with Crippen LogP contribution in [0.4, 0.5) is 0 Å². The van der Waals surface area contributed by atoms with Gasteiger partial charge in [-0.3, -0.25) is 4.98 Å². The Hall–Kier alpha value is -2.14. The number of benzene rings is 1. The summed E-state index contributed by atoms with van der Waals surface area (Å²) in [5.74, 6) is 0. The zero-order chi connectivity index (χ0) is 13.1. The lowest BCUT2D eigenvalue weighted by Crippen LogP contribution is -1.94. The average molecular weight is 236 g/mol. The number of aryl methyl sites for hydroxylation is 3. The van der Waals surface area contributed by atoms with E-state index in [1.807, 2.05) is 19.1 Å². The Morgan fingerprint density at radius 2 is 1.83 bits per heavy atom. The molecular formula is C16H16N2. The predicted octanol–water partition coefficient (Wildman–Crippen LogP) is 3.74. The maximum Gasteiger partial charge on any atom is 0.0705 e. The fourth-order valence-electron chi connectivity index (χ4n) is 1.92. The van der Waals surface area contributed by atoms with Crippen molar-refractivity contribution in [3.63, 3.8) is 0 Å². The second-order valence-corrected chi connectivity index (χ2v) is 4.57. The molecule has 0 aliphatic heterocycles. The Labute approximate surface area is 108 Å². The standard InChI is InChI=1S/C16H16N2/c1-11-4-5-15(10-12(11)2)16-7-6-14(8-9-17)13(3)18-16/h4-7,10H,8H2,1-3H3. The van der Waals surface area contributed by atoms with Crippen LogP contribution in [0.1, 0.15) is 22.4 Å². The van der Waals surface area contributed by atoms with E-state index in [0.29, 0.717) is 6.42 Å². The number of pyridine rings is 1. The molecule has 2 heteroatoms. The SMILES string of the molecule is Cc1ccc(-c2ccc(CC#N)c(C)n2)cc1C. The summed E-state index contributed by atoms with van der Waals surface area (Å²) < 4.78 is 0. The highest BCUT2D eigenvalue weighted by Gasteiger charge is 2.04. The van der Waals surface area contributed by atoms with E-state index in [-0.39, 0.29) is 0 Å². The number of nitrogens with zero attached hydrogens (tertiary/aromatic N) is 2. The highest BCUT2D eigenvalue weighted by atomic mass is 14.7. The van der Waals surface area contributed by atoms with Crippen LogP contribution in [0.5, 0.6) is 0 Å². The molecule has 90 valence electrons. The van der Waals surface area contributed by atoms with E-state index in [0.717, 1.165) is 22.5 Å². The Morgan fingerprint density at radius 3 is 2.44 bits per heavy atom. The first kappa shape index (κ1) is 12.3. The first-order valence-electron chi connectivity index (χ1n) is 6.03. The van der Waals surface area contributed by atoms with Gasteiger partial charge >= 0.3 is 0 Å². The molecule has 1 heterocycles. The van der Waals surface area contributed by atoms with Gasteiger partial charge in [-0.25, -0.2) is 0 Å². The minimum Gasteiger partial charge on any atom is -0.253 e. The monoisotopic (exact) mass is 236 g/mol. The van der Waals surface area contributed by atoms with Gasteiger partial charge in [0.25, 0.3) is 0 Å². The van der Waals surface area contributed by atoms with E-state index < -0.39 is 0 Å². The first-order valence-corrected chi connectivity index (χ1v) is 6.03. The number of nitriles is 1. The maximum absolute atomic E-state index is 8.72. The Morgan fingerprint density at radius 1 is 1.06 bits per heavy atom. The molecule has 18 heavy (non-hydrogen) atoms. The van der Waals surface area contributed by atoms with E-state index in [1.54, 1.807) is 0 Å². The minimum atomic E-state index is 0.423. The van der Waals surface area contributed by atoms with Crippen molar-refractivity contribution in [2.75, 3.05) is 0 Å². The molecule has 0 radical (unpaired) electrons. The summed E-state index contributed by atoms with van der Waals surface area (Å²) in [5, 5.41) is 8.72. The summed E-state index contributed by atoms with van der Waals surface area (Å²) in [6, 6.07) is 12.5. The first-order chi connectivity index (χ1) is 8.61. The third kappa shape index (κ3) is 2.41. The molecule has 0 aliphatic rings. The lowest BCUT2D eigenvalue weighted by atomic mass is 10.0. The van der Waals surface area contributed by atoms with Gasteiger partial charge in [0, 0.05) is 11.3 Å². The molecule has 2 rings (SSSR count). The molecule has 0 spiro atoms. The van der Waals surface area contributed by atoms with E-state index >= 15 is 0 Å².